The van der Waals surface area contributed by atoms with Crippen LogP contribution in [0.4, 0.5) is 0 Å². The maximum Gasteiger partial charge on any atom is 0.0947 e. The summed E-state index contributed by atoms with van der Waals surface area (Å²) in [6.07, 6.45) is 3.49. The first-order valence-corrected chi connectivity index (χ1v) is 6.61. The van der Waals surface area contributed by atoms with Crippen LogP contribution in [0.1, 0.15) is 29.7 Å². The van der Waals surface area contributed by atoms with E-state index < -0.39 is 0 Å². The van der Waals surface area contributed by atoms with Crippen molar-refractivity contribution >= 4 is 0 Å². The van der Waals surface area contributed by atoms with E-state index in [0.29, 0.717) is 0 Å². The van der Waals surface area contributed by atoms with Crippen LogP contribution < -0.4 is 5.73 Å². The van der Waals surface area contributed by atoms with Crippen LogP contribution in [0.2, 0.25) is 0 Å². The average Bonchev–Trinajstić information content (AvgIpc) is 2.84. The largest absolute Gasteiger partial charge is 0.472 e. The van der Waals surface area contributed by atoms with Gasteiger partial charge in [-0.1, -0.05) is 29.8 Å². The molecule has 2 N–H and O–H groups in total. The van der Waals surface area contributed by atoms with Gasteiger partial charge in [-0.05, 0) is 32.5 Å². The number of nitrogens with two attached hydrogens (primary N) is 1. The molecule has 1 aromatic heterocycles. The first-order valence-electron chi connectivity index (χ1n) is 6.61. The molecule has 102 valence electrons. The van der Waals surface area contributed by atoms with E-state index >= 15 is 0 Å². The van der Waals surface area contributed by atoms with E-state index in [9.17, 15) is 0 Å². The lowest BCUT2D eigenvalue weighted by Gasteiger charge is -2.31. The molecule has 1 heterocycles. The van der Waals surface area contributed by atoms with Gasteiger partial charge in [0, 0.05) is 24.2 Å². The minimum absolute atomic E-state index is 0.0691. The first kappa shape index (κ1) is 13.8. The van der Waals surface area contributed by atoms with Crippen molar-refractivity contribution in [3.05, 3.63) is 59.5 Å². The van der Waals surface area contributed by atoms with Crippen molar-refractivity contribution in [3.63, 3.8) is 0 Å². The molecule has 2 rings (SSSR count). The highest BCUT2D eigenvalue weighted by Gasteiger charge is 2.21. The van der Waals surface area contributed by atoms with Crippen LogP contribution in [0.3, 0.4) is 0 Å². The minimum atomic E-state index is 0.0691. The van der Waals surface area contributed by atoms with Crippen molar-refractivity contribution in [1.29, 1.82) is 0 Å². The highest BCUT2D eigenvalue weighted by molar-refractivity contribution is 5.25. The zero-order valence-electron chi connectivity index (χ0n) is 11.8. The smallest absolute Gasteiger partial charge is 0.0947 e. The van der Waals surface area contributed by atoms with Crippen molar-refractivity contribution in [2.75, 3.05) is 7.05 Å². The molecular weight excluding hydrogens is 236 g/mol. The number of hydrogen-bond donors (Lipinski definition) is 1. The molecule has 0 fully saturated rings. The Balaban J connectivity index is 2.17. The Morgan fingerprint density at radius 1 is 1.21 bits per heavy atom. The molecule has 0 saturated carbocycles. The third kappa shape index (κ3) is 3.46. The summed E-state index contributed by atoms with van der Waals surface area (Å²) in [4.78, 5) is 2.26. The van der Waals surface area contributed by atoms with Crippen molar-refractivity contribution in [1.82, 2.24) is 4.90 Å². The van der Waals surface area contributed by atoms with Crippen molar-refractivity contribution in [2.45, 2.75) is 32.5 Å². The molecule has 1 aromatic carbocycles. The Hall–Kier alpha value is -1.58. The Morgan fingerprint density at radius 3 is 2.42 bits per heavy atom. The third-order valence-corrected chi connectivity index (χ3v) is 3.40. The van der Waals surface area contributed by atoms with Crippen LogP contribution in [0.15, 0.2) is 47.3 Å². The minimum Gasteiger partial charge on any atom is -0.472 e. The van der Waals surface area contributed by atoms with Gasteiger partial charge in [0.15, 0.2) is 0 Å². The maximum atomic E-state index is 6.17. The SMILES string of the molecule is Cc1ccc(C(C(C)N)N(C)Cc2ccoc2)cc1. The Morgan fingerprint density at radius 2 is 1.89 bits per heavy atom. The van der Waals surface area contributed by atoms with Gasteiger partial charge < -0.3 is 10.2 Å². The van der Waals surface area contributed by atoms with E-state index in [0.717, 1.165) is 6.54 Å². The standard InChI is InChI=1S/C16H22N2O/c1-12-4-6-15(7-5-12)16(13(2)17)18(3)10-14-8-9-19-11-14/h4-9,11,13,16H,10,17H2,1-3H3. The molecule has 2 atom stereocenters. The molecular formula is C16H22N2O. The summed E-state index contributed by atoms with van der Waals surface area (Å²) < 4.78 is 5.12. The van der Waals surface area contributed by atoms with E-state index in [-0.39, 0.29) is 12.1 Å². The molecule has 0 saturated heterocycles. The van der Waals surface area contributed by atoms with Crippen LogP contribution in [0.25, 0.3) is 0 Å². The average molecular weight is 258 g/mol. The lowest BCUT2D eigenvalue weighted by Crippen LogP contribution is -2.36. The van der Waals surface area contributed by atoms with Crippen molar-refractivity contribution in [3.8, 4) is 0 Å². The van der Waals surface area contributed by atoms with Crippen LogP contribution in [-0.4, -0.2) is 18.0 Å². The lowest BCUT2D eigenvalue weighted by molar-refractivity contribution is 0.210. The van der Waals surface area contributed by atoms with E-state index in [1.165, 1.54) is 16.7 Å². The van der Waals surface area contributed by atoms with Crippen molar-refractivity contribution in [2.24, 2.45) is 5.73 Å². The van der Waals surface area contributed by atoms with Gasteiger partial charge in [-0.15, -0.1) is 0 Å². The van der Waals surface area contributed by atoms with E-state index in [2.05, 4.69) is 50.1 Å². The van der Waals surface area contributed by atoms with Gasteiger partial charge in [0.2, 0.25) is 0 Å². The second kappa shape index (κ2) is 6.04. The molecule has 2 unspecified atom stereocenters. The van der Waals surface area contributed by atoms with Gasteiger partial charge in [-0.3, -0.25) is 4.90 Å². The molecule has 0 amide bonds. The van der Waals surface area contributed by atoms with Gasteiger partial charge in [0.05, 0.1) is 12.5 Å². The van der Waals surface area contributed by atoms with Crippen LogP contribution in [0, 0.1) is 6.92 Å². The van der Waals surface area contributed by atoms with Gasteiger partial charge in [-0.2, -0.15) is 0 Å². The summed E-state index contributed by atoms with van der Waals surface area (Å²) >= 11 is 0. The Kier molecular flexibility index (Phi) is 4.40. The quantitative estimate of drug-likeness (QED) is 0.896. The molecule has 2 aromatic rings. The van der Waals surface area contributed by atoms with Crippen LogP contribution in [0.5, 0.6) is 0 Å². The zero-order valence-corrected chi connectivity index (χ0v) is 11.8. The topological polar surface area (TPSA) is 42.4 Å². The third-order valence-electron chi connectivity index (χ3n) is 3.40. The summed E-state index contributed by atoms with van der Waals surface area (Å²) in [6.45, 7) is 4.98. The second-order valence-electron chi connectivity index (χ2n) is 5.26. The summed E-state index contributed by atoms with van der Waals surface area (Å²) in [6, 6.07) is 10.9. The number of rotatable bonds is 5. The number of furan rings is 1. The van der Waals surface area contributed by atoms with Gasteiger partial charge in [-0.25, -0.2) is 0 Å². The fourth-order valence-corrected chi connectivity index (χ4v) is 2.49. The predicted molar refractivity (Wildman–Crippen MR) is 77.7 cm³/mol. The summed E-state index contributed by atoms with van der Waals surface area (Å²) in [5.41, 5.74) is 9.86. The highest BCUT2D eigenvalue weighted by Crippen LogP contribution is 2.24. The fraction of sp³-hybridized carbons (Fsp3) is 0.375. The van der Waals surface area contributed by atoms with E-state index in [1.54, 1.807) is 12.5 Å². The highest BCUT2D eigenvalue weighted by atomic mass is 16.3. The maximum absolute atomic E-state index is 6.17. The zero-order chi connectivity index (χ0) is 13.8. The van der Waals surface area contributed by atoms with E-state index in [4.69, 9.17) is 10.2 Å². The van der Waals surface area contributed by atoms with Gasteiger partial charge in [0.1, 0.15) is 0 Å². The number of likely N-dealkylation sites (N-methyl/N-ethyl adjacent to an activating group) is 1. The molecule has 0 aliphatic carbocycles. The molecule has 3 heteroatoms. The number of nitrogens with zero attached hydrogens (tertiary/aromatic N) is 1. The number of hydrogen-bond acceptors (Lipinski definition) is 3. The Bertz CT molecular complexity index is 488. The predicted octanol–water partition coefficient (Wildman–Crippen LogP) is 3.11. The molecule has 0 radical (unpaired) electrons. The van der Waals surface area contributed by atoms with E-state index in [1.807, 2.05) is 6.07 Å². The van der Waals surface area contributed by atoms with Crippen LogP contribution in [-0.2, 0) is 6.54 Å². The van der Waals surface area contributed by atoms with Gasteiger partial charge in [0.25, 0.3) is 0 Å². The summed E-state index contributed by atoms with van der Waals surface area (Å²) in [7, 11) is 2.10. The molecule has 3 nitrogen and oxygen atoms in total. The molecule has 0 spiro atoms. The fourth-order valence-electron chi connectivity index (χ4n) is 2.49. The molecule has 0 aliphatic heterocycles. The lowest BCUT2D eigenvalue weighted by atomic mass is 9.98. The summed E-state index contributed by atoms with van der Waals surface area (Å²) in [5, 5.41) is 0. The van der Waals surface area contributed by atoms with Crippen molar-refractivity contribution < 1.29 is 4.42 Å². The first-order chi connectivity index (χ1) is 9.08. The summed E-state index contributed by atoms with van der Waals surface area (Å²) in [5.74, 6) is 0. The molecule has 0 bridgehead atoms. The second-order valence-corrected chi connectivity index (χ2v) is 5.26. The molecule has 19 heavy (non-hydrogen) atoms. The number of benzene rings is 1. The number of aryl methyl sites for hydroxylation is 1. The van der Waals surface area contributed by atoms with Crippen LogP contribution >= 0.6 is 0 Å². The monoisotopic (exact) mass is 258 g/mol. The normalized spacial score (nSPS) is 14.6. The Labute approximate surface area is 115 Å². The van der Waals surface area contributed by atoms with Gasteiger partial charge >= 0.3 is 0 Å². The molecule has 0 aliphatic rings.